The van der Waals surface area contributed by atoms with Crippen molar-refractivity contribution in [2.24, 2.45) is 28.7 Å². The van der Waals surface area contributed by atoms with Crippen molar-refractivity contribution in [2.45, 2.75) is 130 Å². The molecule has 19 heteroatoms. The van der Waals surface area contributed by atoms with Crippen LogP contribution in [0.15, 0.2) is 0 Å². The summed E-state index contributed by atoms with van der Waals surface area (Å²) in [5, 5.41) is 72.5. The Morgan fingerprint density at radius 3 is 1.83 bits per heavy atom. The first-order valence-corrected chi connectivity index (χ1v) is 13.6. The number of hydrogen-bond donors (Lipinski definition) is 12. The molecule has 42 heavy (non-hydrogen) atoms. The van der Waals surface area contributed by atoms with Crippen LogP contribution >= 0.6 is 0 Å². The molecule has 3 saturated heterocycles. The maximum absolute atomic E-state index is 12.0. The number of hydrogen-bond acceptors (Lipinski definition) is 18. The Morgan fingerprint density at radius 1 is 0.690 bits per heavy atom. The molecule has 4 rings (SSSR count). The molecule has 0 aromatic heterocycles. The number of carbonyl (C=O) groups is 1. The van der Waals surface area contributed by atoms with Crippen LogP contribution in [-0.4, -0.2) is 165 Å². The number of carboxylic acid groups (broad SMARTS) is 1. The summed E-state index contributed by atoms with van der Waals surface area (Å²) in [6.45, 7) is 1.26. The molecule has 1 aliphatic carbocycles. The number of aliphatic carboxylic acids is 1. The Morgan fingerprint density at radius 2 is 1.24 bits per heavy atom. The minimum Gasteiger partial charge on any atom is -0.479 e. The van der Waals surface area contributed by atoms with Gasteiger partial charge in [-0.15, -0.1) is 0 Å². The maximum atomic E-state index is 12.0. The van der Waals surface area contributed by atoms with E-state index in [-0.39, 0.29) is 13.0 Å². The first-order valence-electron chi connectivity index (χ1n) is 13.6. The van der Waals surface area contributed by atoms with E-state index in [4.69, 9.17) is 57.1 Å². The molecule has 0 radical (unpaired) electrons. The Labute approximate surface area is 240 Å². The van der Waals surface area contributed by atoms with E-state index in [2.05, 4.69) is 0 Å². The summed E-state index contributed by atoms with van der Waals surface area (Å²) in [6, 6.07) is -4.38. The van der Waals surface area contributed by atoms with Gasteiger partial charge in [0.25, 0.3) is 0 Å². The van der Waals surface area contributed by atoms with Crippen LogP contribution in [0.3, 0.4) is 0 Å². The molecule has 0 aromatic rings. The number of ether oxygens (including phenoxy) is 6. The van der Waals surface area contributed by atoms with E-state index >= 15 is 0 Å². The molecule has 17 N–H and O–H groups in total. The van der Waals surface area contributed by atoms with Gasteiger partial charge in [0.05, 0.1) is 24.3 Å². The second-order valence-electron chi connectivity index (χ2n) is 11.2. The molecule has 0 amide bonds. The number of carboxylic acids is 1. The van der Waals surface area contributed by atoms with Crippen LogP contribution in [0.1, 0.15) is 13.3 Å². The van der Waals surface area contributed by atoms with Gasteiger partial charge in [-0.1, -0.05) is 0 Å². The highest BCUT2D eigenvalue weighted by Crippen LogP contribution is 2.34. The quantitative estimate of drug-likeness (QED) is 0.121. The van der Waals surface area contributed by atoms with E-state index in [0.29, 0.717) is 0 Å². The Bertz CT molecular complexity index is 925. The summed E-state index contributed by atoms with van der Waals surface area (Å²) in [5.41, 5.74) is 29.8. The molecule has 0 unspecified atom stereocenters. The molecule has 1 saturated carbocycles. The van der Waals surface area contributed by atoms with Crippen LogP contribution in [0, 0.1) is 0 Å². The topological polar surface area (TPSA) is 344 Å². The molecular weight excluding hydrogens is 570 g/mol. The van der Waals surface area contributed by atoms with E-state index in [9.17, 15) is 40.5 Å². The van der Waals surface area contributed by atoms with Crippen LogP contribution in [0.25, 0.3) is 0 Å². The van der Waals surface area contributed by atoms with Gasteiger partial charge in [0.1, 0.15) is 54.9 Å². The van der Waals surface area contributed by atoms with Crippen molar-refractivity contribution in [3.05, 3.63) is 0 Å². The van der Waals surface area contributed by atoms with Crippen molar-refractivity contribution >= 4 is 5.97 Å². The largest absolute Gasteiger partial charge is 0.479 e. The minimum absolute atomic E-state index is 0.0549. The second-order valence-corrected chi connectivity index (χ2v) is 11.2. The zero-order chi connectivity index (χ0) is 31.2. The number of rotatable bonds is 8. The van der Waals surface area contributed by atoms with Crippen molar-refractivity contribution in [1.29, 1.82) is 0 Å². The standard InChI is InChI=1S/C23H43N5O14/c1-4-10(29)13(32)8(27)21(37-4)39-16-6(26)2-5(25)11(30)17(16)41-23-15(34)18(19(42-23)20(35)36)40-22-9(28)14(33)12(31)7(3-24)38-22/h4-19,21-23,29-34H,2-3,24-28H2,1H3,(H,35,36)/t4-,5-,6+,7+,8-,9-,10-,11+,12-,13-,14-,15-,16-,17-,18+,19+,21-,22-,23-/m1/s1. The fraction of sp³-hybridized carbons (Fsp3) is 0.957. The highest BCUT2D eigenvalue weighted by atomic mass is 16.8. The van der Waals surface area contributed by atoms with E-state index in [0.717, 1.165) is 0 Å². The van der Waals surface area contributed by atoms with Gasteiger partial charge in [-0.25, -0.2) is 4.79 Å². The number of nitrogens with two attached hydrogens (primary N) is 5. The zero-order valence-corrected chi connectivity index (χ0v) is 22.8. The third-order valence-corrected chi connectivity index (χ3v) is 8.25. The van der Waals surface area contributed by atoms with Gasteiger partial charge in [-0.3, -0.25) is 0 Å². The van der Waals surface area contributed by atoms with Gasteiger partial charge in [-0.05, 0) is 13.3 Å². The summed E-state index contributed by atoms with van der Waals surface area (Å²) in [7, 11) is 0. The van der Waals surface area contributed by atoms with Crippen molar-refractivity contribution in [1.82, 2.24) is 0 Å². The second kappa shape index (κ2) is 13.4. The molecule has 4 fully saturated rings. The van der Waals surface area contributed by atoms with Crippen molar-refractivity contribution in [3.8, 4) is 0 Å². The molecule has 19 nitrogen and oxygen atoms in total. The van der Waals surface area contributed by atoms with Gasteiger partial charge < -0.3 is 92.8 Å². The summed E-state index contributed by atoms with van der Waals surface area (Å²) >= 11 is 0. The van der Waals surface area contributed by atoms with Crippen LogP contribution < -0.4 is 28.7 Å². The van der Waals surface area contributed by atoms with Crippen molar-refractivity contribution in [3.63, 3.8) is 0 Å². The molecule has 0 bridgehead atoms. The minimum atomic E-state index is -1.84. The van der Waals surface area contributed by atoms with Gasteiger partial charge in [-0.2, -0.15) is 0 Å². The lowest BCUT2D eigenvalue weighted by Crippen LogP contribution is -2.67. The van der Waals surface area contributed by atoms with Crippen LogP contribution in [-0.2, 0) is 33.2 Å². The molecule has 0 aromatic carbocycles. The fourth-order valence-corrected chi connectivity index (χ4v) is 5.61. The lowest BCUT2D eigenvalue weighted by Gasteiger charge is -2.47. The highest BCUT2D eigenvalue weighted by Gasteiger charge is 2.56. The van der Waals surface area contributed by atoms with Crippen molar-refractivity contribution in [2.75, 3.05) is 6.54 Å². The molecule has 4 aliphatic rings. The van der Waals surface area contributed by atoms with E-state index in [1.54, 1.807) is 0 Å². The van der Waals surface area contributed by atoms with Crippen LogP contribution in [0.2, 0.25) is 0 Å². The molecule has 0 spiro atoms. The Hall–Kier alpha value is -1.21. The summed E-state index contributed by atoms with van der Waals surface area (Å²) < 4.78 is 34.0. The predicted molar refractivity (Wildman–Crippen MR) is 136 cm³/mol. The monoisotopic (exact) mass is 613 g/mol. The normalized spacial score (nSPS) is 53.7. The van der Waals surface area contributed by atoms with Gasteiger partial charge >= 0.3 is 5.97 Å². The third-order valence-electron chi connectivity index (χ3n) is 8.25. The first kappa shape index (κ1) is 33.7. The SMILES string of the molecule is C[C@H]1O[C@H](O[C@H]2[C@H](O[C@@H]3O[C@H](C(=O)O)[C@@H](O[C@H]4O[C@@H](CN)[C@@H](O)[C@H](O)[C@H]4N)[C@H]3O)[C@@H](O)[C@H](N)C[C@@H]2N)[C@H](N)[C@@H](O)[C@@H]1O. The molecule has 244 valence electrons. The van der Waals surface area contributed by atoms with Crippen LogP contribution in [0.4, 0.5) is 0 Å². The summed E-state index contributed by atoms with van der Waals surface area (Å²) in [6.07, 6.45) is -21.6. The molecule has 3 heterocycles. The van der Waals surface area contributed by atoms with E-state index in [1.165, 1.54) is 6.92 Å². The lowest BCUT2D eigenvalue weighted by molar-refractivity contribution is -0.305. The van der Waals surface area contributed by atoms with Gasteiger partial charge in [0, 0.05) is 18.6 Å². The van der Waals surface area contributed by atoms with E-state index < -0.39 is 122 Å². The van der Waals surface area contributed by atoms with Crippen molar-refractivity contribution < 1.29 is 69.0 Å². The fourth-order valence-electron chi connectivity index (χ4n) is 5.61. The van der Waals surface area contributed by atoms with E-state index in [1.807, 2.05) is 0 Å². The molecule has 19 atom stereocenters. The van der Waals surface area contributed by atoms with Gasteiger partial charge in [0.2, 0.25) is 0 Å². The zero-order valence-electron chi connectivity index (χ0n) is 22.8. The highest BCUT2D eigenvalue weighted by molar-refractivity contribution is 5.73. The average molecular weight is 614 g/mol. The Balaban J connectivity index is 1.52. The number of aliphatic hydroxyl groups is 6. The summed E-state index contributed by atoms with van der Waals surface area (Å²) in [4.78, 5) is 12.0. The first-order chi connectivity index (χ1) is 19.7. The number of aliphatic hydroxyl groups excluding tert-OH is 6. The lowest BCUT2D eigenvalue weighted by atomic mass is 9.84. The summed E-state index contributed by atoms with van der Waals surface area (Å²) in [5.74, 6) is -1.56. The van der Waals surface area contributed by atoms with Gasteiger partial charge in [0.15, 0.2) is 25.0 Å². The molecule has 3 aliphatic heterocycles. The maximum Gasteiger partial charge on any atom is 0.335 e. The smallest absolute Gasteiger partial charge is 0.335 e. The Kier molecular flexibility index (Phi) is 10.8. The predicted octanol–water partition coefficient (Wildman–Crippen LogP) is -7.74. The molecular formula is C23H43N5O14. The van der Waals surface area contributed by atoms with Crippen LogP contribution in [0.5, 0.6) is 0 Å². The third kappa shape index (κ3) is 6.43. The average Bonchev–Trinajstić information content (AvgIpc) is 3.25.